The fourth-order valence-electron chi connectivity index (χ4n) is 8.33. The molecule has 0 atom stereocenters. The highest BCUT2D eigenvalue weighted by atomic mass is 32.2. The molecule has 0 fully saturated rings. The number of hydrogen-bond acceptors (Lipinski definition) is 4. The predicted octanol–water partition coefficient (Wildman–Crippen LogP) is 11.8. The Balaban J connectivity index is 1.99. The lowest BCUT2D eigenvalue weighted by atomic mass is 10.1. The monoisotopic (exact) mass is 694 g/mol. The molecule has 2 heterocycles. The molecule has 0 aliphatic carbocycles. The van der Waals surface area contributed by atoms with Crippen molar-refractivity contribution in [1.82, 2.24) is 0 Å². The van der Waals surface area contributed by atoms with Crippen molar-refractivity contribution in [3.05, 3.63) is 57.3 Å². The molecule has 0 saturated heterocycles. The van der Waals surface area contributed by atoms with Gasteiger partial charge in [-0.05, 0) is 79.0 Å². The van der Waals surface area contributed by atoms with E-state index in [1.54, 1.807) is 32.5 Å². The Bertz CT molecular complexity index is 1370. The van der Waals surface area contributed by atoms with Gasteiger partial charge in [0, 0.05) is 20.9 Å². The van der Waals surface area contributed by atoms with Gasteiger partial charge >= 0.3 is 0 Å². The van der Waals surface area contributed by atoms with E-state index in [9.17, 15) is 0 Å². The lowest BCUT2D eigenvalue weighted by molar-refractivity contribution is 0.837. The molecule has 0 unspecified atom stereocenters. The highest BCUT2D eigenvalue weighted by Gasteiger charge is 2.46. The lowest BCUT2D eigenvalue weighted by Crippen LogP contribution is -2.54. The Labute approximate surface area is 289 Å². The normalized spacial score (nSPS) is 12.5. The third-order valence-electron chi connectivity index (χ3n) is 9.96. The van der Waals surface area contributed by atoms with Gasteiger partial charge in [-0.1, -0.05) is 119 Å². The van der Waals surface area contributed by atoms with Crippen LogP contribution in [0.4, 0.5) is 0 Å². The van der Waals surface area contributed by atoms with Crippen molar-refractivity contribution in [3.63, 3.8) is 0 Å². The minimum atomic E-state index is -1.66. The molecule has 0 spiro atoms. The van der Waals surface area contributed by atoms with Gasteiger partial charge in [-0.25, -0.2) is 0 Å². The summed E-state index contributed by atoms with van der Waals surface area (Å²) in [6, 6.07) is 13.8. The summed E-state index contributed by atoms with van der Waals surface area (Å²) in [7, 11) is -3.33. The topological polar surface area (TPSA) is 0 Å². The molecule has 0 nitrogen and oxygen atoms in total. The summed E-state index contributed by atoms with van der Waals surface area (Å²) in [5.41, 5.74) is 6.41. The first-order chi connectivity index (χ1) is 20.7. The Morgan fingerprint density at radius 3 is 1.02 bits per heavy atom. The van der Waals surface area contributed by atoms with Crippen molar-refractivity contribution in [3.8, 4) is 23.7 Å². The zero-order valence-corrected chi connectivity index (χ0v) is 34.8. The summed E-state index contributed by atoms with van der Waals surface area (Å²) in [4.78, 5) is 4.75. The molecular formula is C38H54S4Si2. The van der Waals surface area contributed by atoms with E-state index in [0.717, 1.165) is 11.1 Å². The first-order valence-corrected chi connectivity index (χ1v) is 24.7. The van der Waals surface area contributed by atoms with Crippen LogP contribution in [0.1, 0.15) is 104 Å². The standard InChI is InChI=1S/C38H54S4Si2/c1-25(2)43(26(3)4,27(5)6)37-21-19-33(41-37)17-15-31-23-36(40-14)32(24-35(31)39-13)16-18-34-20-22-38(42-34)44(28(7)8,29(9)10)30(11)12/h19-30H,1-14H3. The average Bonchev–Trinajstić information content (AvgIpc) is 3.60. The second-order valence-electron chi connectivity index (χ2n) is 13.9. The highest BCUT2D eigenvalue weighted by molar-refractivity contribution is 7.99. The molecule has 1 aromatic carbocycles. The van der Waals surface area contributed by atoms with Crippen LogP contribution in [0.3, 0.4) is 0 Å². The highest BCUT2D eigenvalue weighted by Crippen LogP contribution is 2.43. The van der Waals surface area contributed by atoms with Crippen LogP contribution in [0, 0.1) is 23.7 Å². The van der Waals surface area contributed by atoms with Crippen LogP contribution in [-0.2, 0) is 0 Å². The summed E-state index contributed by atoms with van der Waals surface area (Å²) in [5, 5.41) is 0. The second-order valence-corrected chi connectivity index (χ2v) is 30.2. The molecule has 0 bridgehead atoms. The van der Waals surface area contributed by atoms with Crippen molar-refractivity contribution in [1.29, 1.82) is 0 Å². The van der Waals surface area contributed by atoms with Crippen LogP contribution in [0.15, 0.2) is 46.2 Å². The summed E-state index contributed by atoms with van der Waals surface area (Å²) in [5.74, 6) is 14.2. The molecule has 3 aromatic rings. The maximum atomic E-state index is 3.56. The van der Waals surface area contributed by atoms with Crippen molar-refractivity contribution < 1.29 is 0 Å². The van der Waals surface area contributed by atoms with Crippen LogP contribution in [0.5, 0.6) is 0 Å². The van der Waals surface area contributed by atoms with E-state index in [1.165, 1.54) is 19.5 Å². The van der Waals surface area contributed by atoms with Crippen molar-refractivity contribution in [2.75, 3.05) is 12.5 Å². The molecule has 0 radical (unpaired) electrons. The maximum Gasteiger partial charge on any atom is 0.107 e. The second kappa shape index (κ2) is 15.6. The fourth-order valence-corrected chi connectivity index (χ4v) is 29.2. The van der Waals surface area contributed by atoms with E-state index in [-0.39, 0.29) is 0 Å². The van der Waals surface area contributed by atoms with Crippen LogP contribution in [0.2, 0.25) is 33.2 Å². The first kappa shape index (κ1) is 37.3. The molecule has 0 saturated carbocycles. The predicted molar refractivity (Wildman–Crippen MR) is 212 cm³/mol. The van der Waals surface area contributed by atoms with Crippen molar-refractivity contribution in [2.24, 2.45) is 0 Å². The van der Waals surface area contributed by atoms with Crippen LogP contribution in [-0.4, -0.2) is 28.7 Å². The zero-order chi connectivity index (χ0) is 33.0. The fraction of sp³-hybridized carbons (Fsp3) is 0.526. The Morgan fingerprint density at radius 2 is 0.773 bits per heavy atom. The molecule has 3 rings (SSSR count). The minimum absolute atomic E-state index is 0.703. The van der Waals surface area contributed by atoms with Gasteiger partial charge in [-0.15, -0.1) is 46.2 Å². The lowest BCUT2D eigenvalue weighted by Gasteiger charge is -2.42. The molecule has 0 amide bonds. The van der Waals surface area contributed by atoms with E-state index < -0.39 is 16.1 Å². The quantitative estimate of drug-likeness (QED) is 0.118. The smallest absolute Gasteiger partial charge is 0.107 e. The SMILES string of the molecule is CSc1cc(C#Cc2ccc([Si](C(C)C)(C(C)C)C(C)C)s2)c(SC)cc1C#Cc1ccc([Si](C(C)C)(C(C)C)C(C)C)s1. The molecular weight excluding hydrogens is 641 g/mol. The molecule has 6 heteroatoms. The van der Waals surface area contributed by atoms with Gasteiger partial charge in [0.05, 0.1) is 9.75 Å². The molecule has 0 aliphatic rings. The van der Waals surface area contributed by atoms with Gasteiger partial charge in [0.25, 0.3) is 0 Å². The van der Waals surface area contributed by atoms with Gasteiger partial charge in [0.2, 0.25) is 0 Å². The van der Waals surface area contributed by atoms with Crippen molar-refractivity contribution in [2.45, 2.75) is 126 Å². The minimum Gasteiger partial charge on any atom is -0.136 e. The van der Waals surface area contributed by atoms with Gasteiger partial charge in [0.15, 0.2) is 0 Å². The first-order valence-electron chi connectivity index (χ1n) is 16.2. The van der Waals surface area contributed by atoms with E-state index >= 15 is 0 Å². The van der Waals surface area contributed by atoms with Crippen molar-refractivity contribution >= 4 is 71.3 Å². The third-order valence-corrected chi connectivity index (χ3v) is 29.4. The third kappa shape index (κ3) is 7.22. The number of thioether (sulfide) groups is 2. The number of hydrogen-bond donors (Lipinski definition) is 0. The van der Waals surface area contributed by atoms with Gasteiger partial charge in [-0.3, -0.25) is 0 Å². The van der Waals surface area contributed by atoms with E-state index in [4.69, 9.17) is 0 Å². The van der Waals surface area contributed by atoms with E-state index in [2.05, 4.69) is 156 Å². The molecule has 2 aromatic heterocycles. The summed E-state index contributed by atoms with van der Waals surface area (Å²) < 4.78 is 3.21. The van der Waals surface area contributed by atoms with Gasteiger partial charge < -0.3 is 0 Å². The summed E-state index contributed by atoms with van der Waals surface area (Å²) in [6.07, 6.45) is 4.29. The maximum absolute atomic E-state index is 3.56. The summed E-state index contributed by atoms with van der Waals surface area (Å²) >= 11 is 7.41. The van der Waals surface area contributed by atoms with E-state index in [0.29, 0.717) is 33.2 Å². The number of rotatable bonds is 10. The van der Waals surface area contributed by atoms with Gasteiger partial charge in [-0.2, -0.15) is 0 Å². The van der Waals surface area contributed by atoms with Crippen LogP contribution < -0.4 is 9.00 Å². The largest absolute Gasteiger partial charge is 0.136 e. The average molecular weight is 695 g/mol. The van der Waals surface area contributed by atoms with Crippen LogP contribution in [0.25, 0.3) is 0 Å². The number of benzene rings is 1. The molecule has 0 aliphatic heterocycles. The van der Waals surface area contributed by atoms with Gasteiger partial charge in [0.1, 0.15) is 16.1 Å². The van der Waals surface area contributed by atoms with E-state index in [1.807, 2.05) is 22.7 Å². The molecule has 238 valence electrons. The number of thiophene rings is 2. The van der Waals surface area contributed by atoms with Crippen LogP contribution >= 0.6 is 46.2 Å². The Hall–Kier alpha value is -1.13. The zero-order valence-electron chi connectivity index (χ0n) is 29.6. The summed E-state index contributed by atoms with van der Waals surface area (Å²) in [6.45, 7) is 29.2. The molecule has 44 heavy (non-hydrogen) atoms. The molecule has 0 N–H and O–H groups in total. The Kier molecular flexibility index (Phi) is 13.3. The Morgan fingerprint density at radius 1 is 0.477 bits per heavy atom.